The predicted molar refractivity (Wildman–Crippen MR) is 125 cm³/mol. The van der Waals surface area contributed by atoms with Crippen molar-refractivity contribution in [2.75, 3.05) is 26.6 Å². The quantitative estimate of drug-likeness (QED) is 0.564. The third kappa shape index (κ3) is 3.46. The summed E-state index contributed by atoms with van der Waals surface area (Å²) in [5.41, 5.74) is 4.81. The van der Waals surface area contributed by atoms with E-state index in [-0.39, 0.29) is 28.9 Å². The Balaban J connectivity index is 1.62. The number of allylic oxidation sites excluding steroid dienone is 2. The fourth-order valence-electron chi connectivity index (χ4n) is 5.00. The maximum Gasteiger partial charge on any atom is 0.233 e. The van der Waals surface area contributed by atoms with Gasteiger partial charge in [0.25, 0.3) is 0 Å². The first-order valence-corrected chi connectivity index (χ1v) is 11.0. The molecule has 0 spiro atoms. The molecule has 0 saturated heterocycles. The number of aromatic hydroxyl groups is 1. The number of benzene rings is 2. The van der Waals surface area contributed by atoms with Crippen molar-refractivity contribution in [3.05, 3.63) is 70.1 Å². The van der Waals surface area contributed by atoms with Crippen molar-refractivity contribution in [1.29, 1.82) is 0 Å². The van der Waals surface area contributed by atoms with Gasteiger partial charge in [0.05, 0.1) is 32.6 Å². The van der Waals surface area contributed by atoms with E-state index in [1.54, 1.807) is 19.2 Å². The van der Waals surface area contributed by atoms with Gasteiger partial charge in [-0.3, -0.25) is 4.79 Å². The number of ketones is 1. The topological polar surface area (TPSA) is 103 Å². The standard InChI is InChI=1S/C26H26N2O6/c1-13-22-23(16-11-20(32-3)25(30)21(12-16)33-4)24-18(27-26(22)34-28-13)9-15(10-19(24)29)14-5-7-17(31-2)8-6-14/h5-8,11-12,15,23,27,30H,9-10H2,1-4H3/t15-,23-/m1/s1. The average Bonchev–Trinajstić information content (AvgIpc) is 3.23. The molecule has 3 aromatic rings. The molecule has 176 valence electrons. The summed E-state index contributed by atoms with van der Waals surface area (Å²) in [5, 5.41) is 17.9. The Morgan fingerprint density at radius 1 is 1.00 bits per heavy atom. The van der Waals surface area contributed by atoms with Gasteiger partial charge in [-0.2, -0.15) is 0 Å². The summed E-state index contributed by atoms with van der Waals surface area (Å²) in [6.07, 6.45) is 1.03. The Hall–Kier alpha value is -3.94. The first-order valence-electron chi connectivity index (χ1n) is 11.0. The highest BCUT2D eigenvalue weighted by Crippen LogP contribution is 2.51. The number of phenols is 1. The van der Waals surface area contributed by atoms with Gasteiger partial charge < -0.3 is 29.2 Å². The summed E-state index contributed by atoms with van der Waals surface area (Å²) in [7, 11) is 4.59. The highest BCUT2D eigenvalue weighted by molar-refractivity contribution is 6.01. The lowest BCUT2D eigenvalue weighted by Crippen LogP contribution is -2.29. The third-order valence-corrected chi connectivity index (χ3v) is 6.68. The number of aromatic nitrogens is 1. The number of rotatable bonds is 5. The smallest absolute Gasteiger partial charge is 0.233 e. The summed E-state index contributed by atoms with van der Waals surface area (Å²) < 4.78 is 21.6. The Morgan fingerprint density at radius 3 is 2.29 bits per heavy atom. The van der Waals surface area contributed by atoms with Gasteiger partial charge in [-0.05, 0) is 54.7 Å². The number of Topliss-reactive ketones (excluding diaryl/α,β-unsaturated/α-hetero) is 1. The molecule has 0 unspecified atom stereocenters. The Bertz CT molecular complexity index is 1270. The zero-order chi connectivity index (χ0) is 24.0. The van der Waals surface area contributed by atoms with Crippen molar-refractivity contribution in [3.63, 3.8) is 0 Å². The van der Waals surface area contributed by atoms with Crippen LogP contribution >= 0.6 is 0 Å². The maximum absolute atomic E-state index is 13.7. The summed E-state index contributed by atoms with van der Waals surface area (Å²) in [6, 6.07) is 11.3. The van der Waals surface area contributed by atoms with Crippen LogP contribution in [-0.4, -0.2) is 37.4 Å². The van der Waals surface area contributed by atoms with Gasteiger partial charge in [0.15, 0.2) is 17.3 Å². The van der Waals surface area contributed by atoms with Crippen molar-refractivity contribution >= 4 is 11.7 Å². The van der Waals surface area contributed by atoms with E-state index in [4.69, 9.17) is 18.7 Å². The van der Waals surface area contributed by atoms with E-state index in [9.17, 15) is 9.90 Å². The SMILES string of the molecule is COc1ccc([C@H]2CC(=O)C3=C(C2)Nc2onc(C)c2[C@H]3c2cc(OC)c(O)c(OC)c2)cc1. The van der Waals surface area contributed by atoms with Crippen molar-refractivity contribution in [2.24, 2.45) is 0 Å². The summed E-state index contributed by atoms with van der Waals surface area (Å²) in [4.78, 5) is 13.7. The molecule has 5 rings (SSSR count). The number of anilines is 1. The number of aryl methyl sites for hydroxylation is 1. The predicted octanol–water partition coefficient (Wildman–Crippen LogP) is 4.67. The zero-order valence-corrected chi connectivity index (χ0v) is 19.5. The lowest BCUT2D eigenvalue weighted by molar-refractivity contribution is -0.116. The van der Waals surface area contributed by atoms with Crippen LogP contribution in [0.15, 0.2) is 52.2 Å². The number of nitrogens with one attached hydrogen (secondary N) is 1. The molecule has 2 aromatic carbocycles. The number of ether oxygens (including phenoxy) is 3. The number of nitrogens with zero attached hydrogens (tertiary/aromatic N) is 1. The molecule has 2 aliphatic rings. The molecule has 1 aromatic heterocycles. The molecule has 0 fully saturated rings. The number of carbonyl (C=O) groups is 1. The Morgan fingerprint density at radius 2 is 1.68 bits per heavy atom. The van der Waals surface area contributed by atoms with Gasteiger partial charge in [0, 0.05) is 23.6 Å². The molecular formula is C26H26N2O6. The molecule has 0 amide bonds. The summed E-state index contributed by atoms with van der Waals surface area (Å²) >= 11 is 0. The van der Waals surface area contributed by atoms with Crippen molar-refractivity contribution in [3.8, 4) is 23.0 Å². The van der Waals surface area contributed by atoms with E-state index in [2.05, 4.69) is 10.5 Å². The van der Waals surface area contributed by atoms with E-state index < -0.39 is 5.92 Å². The summed E-state index contributed by atoms with van der Waals surface area (Å²) in [5.74, 6) is 1.40. The number of hydrogen-bond donors (Lipinski definition) is 2. The second-order valence-corrected chi connectivity index (χ2v) is 8.54. The lowest BCUT2D eigenvalue weighted by Gasteiger charge is -2.34. The highest BCUT2D eigenvalue weighted by atomic mass is 16.5. The van der Waals surface area contributed by atoms with Crippen molar-refractivity contribution in [2.45, 2.75) is 31.6 Å². The Kier molecular flexibility index (Phi) is 5.43. The number of phenolic OH excluding ortho intramolecular Hbond substituents is 1. The van der Waals surface area contributed by atoms with Gasteiger partial charge in [0.1, 0.15) is 5.75 Å². The number of methoxy groups -OCH3 is 3. The van der Waals surface area contributed by atoms with Crippen LogP contribution in [0.1, 0.15) is 47.1 Å². The van der Waals surface area contributed by atoms with Crippen molar-refractivity contribution in [1.82, 2.24) is 5.16 Å². The minimum Gasteiger partial charge on any atom is -0.502 e. The fraction of sp³-hybridized carbons (Fsp3) is 0.308. The molecule has 0 radical (unpaired) electrons. The minimum absolute atomic E-state index is 0.0276. The minimum atomic E-state index is -0.426. The van der Waals surface area contributed by atoms with E-state index in [1.165, 1.54) is 14.2 Å². The molecule has 2 heterocycles. The van der Waals surface area contributed by atoms with Crippen LogP contribution < -0.4 is 19.5 Å². The number of hydrogen-bond acceptors (Lipinski definition) is 8. The second-order valence-electron chi connectivity index (χ2n) is 8.54. The van der Waals surface area contributed by atoms with Crippen LogP contribution in [0.5, 0.6) is 23.0 Å². The molecule has 34 heavy (non-hydrogen) atoms. The van der Waals surface area contributed by atoms with E-state index >= 15 is 0 Å². The molecule has 8 heteroatoms. The molecule has 0 bridgehead atoms. The highest BCUT2D eigenvalue weighted by Gasteiger charge is 2.41. The zero-order valence-electron chi connectivity index (χ0n) is 19.5. The lowest BCUT2D eigenvalue weighted by atomic mass is 9.72. The molecule has 8 nitrogen and oxygen atoms in total. The van der Waals surface area contributed by atoms with Crippen LogP contribution in [0.2, 0.25) is 0 Å². The van der Waals surface area contributed by atoms with Gasteiger partial charge in [0.2, 0.25) is 11.6 Å². The van der Waals surface area contributed by atoms with Crippen LogP contribution in [-0.2, 0) is 4.79 Å². The normalized spacial score (nSPS) is 19.2. The van der Waals surface area contributed by atoms with E-state index in [1.807, 2.05) is 31.2 Å². The molecule has 2 N–H and O–H groups in total. The third-order valence-electron chi connectivity index (χ3n) is 6.68. The van der Waals surface area contributed by atoms with Crippen LogP contribution in [0.3, 0.4) is 0 Å². The van der Waals surface area contributed by atoms with Gasteiger partial charge in [-0.1, -0.05) is 17.3 Å². The fourth-order valence-corrected chi connectivity index (χ4v) is 5.00. The molecule has 2 atom stereocenters. The van der Waals surface area contributed by atoms with E-state index in [0.717, 1.165) is 28.1 Å². The second kappa shape index (κ2) is 8.44. The maximum atomic E-state index is 13.7. The number of fused-ring (bicyclic) bond motifs is 1. The van der Waals surface area contributed by atoms with Crippen LogP contribution in [0, 0.1) is 6.92 Å². The van der Waals surface area contributed by atoms with Gasteiger partial charge in [-0.25, -0.2) is 0 Å². The van der Waals surface area contributed by atoms with Gasteiger partial charge in [-0.15, -0.1) is 0 Å². The van der Waals surface area contributed by atoms with E-state index in [0.29, 0.717) is 30.0 Å². The number of carbonyl (C=O) groups excluding carboxylic acids is 1. The first kappa shape index (κ1) is 21.9. The largest absolute Gasteiger partial charge is 0.502 e. The van der Waals surface area contributed by atoms with Gasteiger partial charge >= 0.3 is 0 Å². The molecular weight excluding hydrogens is 436 g/mol. The average molecular weight is 463 g/mol. The first-order chi connectivity index (χ1) is 16.4. The Labute approximate surface area is 197 Å². The summed E-state index contributed by atoms with van der Waals surface area (Å²) in [6.45, 7) is 1.85. The monoisotopic (exact) mass is 462 g/mol. The van der Waals surface area contributed by atoms with Crippen LogP contribution in [0.4, 0.5) is 5.88 Å². The molecule has 0 saturated carbocycles. The van der Waals surface area contributed by atoms with Crippen LogP contribution in [0.25, 0.3) is 0 Å². The molecule has 1 aliphatic heterocycles. The molecule has 1 aliphatic carbocycles. The van der Waals surface area contributed by atoms with Crippen molar-refractivity contribution < 1.29 is 28.6 Å².